The molecule has 1 saturated carbocycles. The Morgan fingerprint density at radius 2 is 2.18 bits per heavy atom. The Kier molecular flexibility index (Phi) is 4.00. The molecule has 1 aromatic rings. The summed E-state index contributed by atoms with van der Waals surface area (Å²) >= 11 is 0. The molecule has 1 aromatic heterocycles. The van der Waals surface area contributed by atoms with Gasteiger partial charge in [0.2, 0.25) is 0 Å². The number of nitrogens with zero attached hydrogens (tertiary/aromatic N) is 1. The molecule has 1 heterocycles. The Bertz CT molecular complexity index is 361. The molecule has 1 aliphatic rings. The van der Waals surface area contributed by atoms with Crippen LogP contribution in [0.15, 0.2) is 18.5 Å². The van der Waals surface area contributed by atoms with E-state index < -0.39 is 0 Å². The van der Waals surface area contributed by atoms with Crippen LogP contribution in [-0.2, 0) is 6.54 Å². The normalized spacial score (nSPS) is 17.2. The number of aromatic nitrogens is 1. The average Bonchev–Trinajstić information content (AvgIpc) is 3.11. The Labute approximate surface area is 104 Å². The highest BCUT2D eigenvalue weighted by atomic mass is 16.5. The summed E-state index contributed by atoms with van der Waals surface area (Å²) in [5, 5.41) is 3.51. The fraction of sp³-hybridized carbons (Fsp3) is 0.643. The zero-order valence-electron chi connectivity index (χ0n) is 10.9. The fourth-order valence-corrected chi connectivity index (χ4v) is 1.54. The van der Waals surface area contributed by atoms with Crippen molar-refractivity contribution in [1.82, 2.24) is 10.3 Å². The second-order valence-corrected chi connectivity index (χ2v) is 5.21. The first-order valence-electron chi connectivity index (χ1n) is 6.49. The third-order valence-corrected chi connectivity index (χ3v) is 3.28. The summed E-state index contributed by atoms with van der Waals surface area (Å²) < 4.78 is 5.96. The van der Waals surface area contributed by atoms with Gasteiger partial charge in [-0.2, -0.15) is 0 Å². The number of hydrogen-bond donors (Lipinski definition) is 1. The molecular weight excluding hydrogens is 212 g/mol. The molecule has 1 unspecified atom stereocenters. The number of rotatable bonds is 6. The van der Waals surface area contributed by atoms with E-state index in [1.807, 2.05) is 18.5 Å². The molecule has 0 saturated heterocycles. The van der Waals surface area contributed by atoms with E-state index in [2.05, 4.69) is 31.1 Å². The monoisotopic (exact) mass is 234 g/mol. The van der Waals surface area contributed by atoms with Gasteiger partial charge in [0, 0.05) is 24.3 Å². The molecule has 94 valence electrons. The minimum atomic E-state index is 0.221. The van der Waals surface area contributed by atoms with Crippen molar-refractivity contribution < 1.29 is 4.74 Å². The smallest absolute Gasteiger partial charge is 0.142 e. The van der Waals surface area contributed by atoms with Crippen molar-refractivity contribution in [2.45, 2.75) is 52.3 Å². The maximum atomic E-state index is 5.96. The van der Waals surface area contributed by atoms with Crippen LogP contribution in [0.1, 0.15) is 39.2 Å². The van der Waals surface area contributed by atoms with Crippen molar-refractivity contribution in [1.29, 1.82) is 0 Å². The minimum absolute atomic E-state index is 0.221. The van der Waals surface area contributed by atoms with Crippen LogP contribution in [-0.4, -0.2) is 17.1 Å². The summed E-state index contributed by atoms with van der Waals surface area (Å²) in [6.07, 6.45) is 6.49. The van der Waals surface area contributed by atoms with E-state index in [9.17, 15) is 0 Å². The molecule has 0 aliphatic heterocycles. The highest BCUT2D eigenvalue weighted by Gasteiger charge is 2.21. The van der Waals surface area contributed by atoms with Crippen LogP contribution < -0.4 is 10.1 Å². The lowest BCUT2D eigenvalue weighted by Crippen LogP contribution is -2.21. The van der Waals surface area contributed by atoms with Crippen LogP contribution in [0.4, 0.5) is 0 Å². The van der Waals surface area contributed by atoms with Gasteiger partial charge >= 0.3 is 0 Å². The van der Waals surface area contributed by atoms with Crippen molar-refractivity contribution in [3.05, 3.63) is 24.0 Å². The van der Waals surface area contributed by atoms with E-state index >= 15 is 0 Å². The predicted octanol–water partition coefficient (Wildman–Crippen LogP) is 2.76. The van der Waals surface area contributed by atoms with Crippen molar-refractivity contribution in [2.24, 2.45) is 5.92 Å². The van der Waals surface area contributed by atoms with E-state index in [1.165, 1.54) is 18.4 Å². The average molecular weight is 234 g/mol. The second-order valence-electron chi connectivity index (χ2n) is 5.21. The van der Waals surface area contributed by atoms with Gasteiger partial charge in [-0.3, -0.25) is 4.98 Å². The maximum absolute atomic E-state index is 5.96. The van der Waals surface area contributed by atoms with Gasteiger partial charge in [-0.05, 0) is 31.7 Å². The molecule has 0 bridgehead atoms. The first-order valence-corrected chi connectivity index (χ1v) is 6.49. The minimum Gasteiger partial charge on any atom is -0.488 e. The Hall–Kier alpha value is -1.09. The predicted molar refractivity (Wildman–Crippen MR) is 69.0 cm³/mol. The summed E-state index contributed by atoms with van der Waals surface area (Å²) in [5.74, 6) is 1.43. The lowest BCUT2D eigenvalue weighted by atomic mass is 10.1. The van der Waals surface area contributed by atoms with Crippen LogP contribution in [0.25, 0.3) is 0 Å². The van der Waals surface area contributed by atoms with Gasteiger partial charge in [0.1, 0.15) is 5.75 Å². The van der Waals surface area contributed by atoms with Crippen molar-refractivity contribution >= 4 is 0 Å². The summed E-state index contributed by atoms with van der Waals surface area (Å²) in [5.41, 5.74) is 1.21. The molecule has 3 nitrogen and oxygen atoms in total. The molecule has 0 aromatic carbocycles. The molecule has 3 heteroatoms. The quantitative estimate of drug-likeness (QED) is 0.822. The highest BCUT2D eigenvalue weighted by Crippen LogP contribution is 2.23. The first-order chi connectivity index (χ1) is 8.16. The topological polar surface area (TPSA) is 34.1 Å². The van der Waals surface area contributed by atoms with Crippen LogP contribution >= 0.6 is 0 Å². The summed E-state index contributed by atoms with van der Waals surface area (Å²) in [6, 6.07) is 2.76. The number of nitrogens with one attached hydrogen (secondary N) is 1. The number of pyridine rings is 1. The molecular formula is C14H22N2O. The third kappa shape index (κ3) is 3.70. The first kappa shape index (κ1) is 12.4. The summed E-state index contributed by atoms with van der Waals surface area (Å²) in [4.78, 5) is 4.15. The van der Waals surface area contributed by atoms with E-state index in [0.717, 1.165) is 18.3 Å². The van der Waals surface area contributed by atoms with E-state index in [1.54, 1.807) is 0 Å². The number of ether oxygens (including phenoxy) is 1. The van der Waals surface area contributed by atoms with E-state index in [-0.39, 0.29) is 6.10 Å². The second kappa shape index (κ2) is 5.50. The molecule has 0 amide bonds. The standard InChI is InChI=1S/C14H22N2O/c1-10(2)11(3)17-14-9-15-7-6-12(14)8-16-13-4-5-13/h6-7,9-11,13,16H,4-5,8H2,1-3H3. The SMILES string of the molecule is CC(C)C(C)Oc1cnccc1CNC1CC1. The van der Waals surface area contributed by atoms with Gasteiger partial charge in [-0.25, -0.2) is 0 Å². The molecule has 17 heavy (non-hydrogen) atoms. The molecule has 0 spiro atoms. The lowest BCUT2D eigenvalue weighted by Gasteiger charge is -2.20. The zero-order chi connectivity index (χ0) is 12.3. The van der Waals surface area contributed by atoms with E-state index in [0.29, 0.717) is 5.92 Å². The Balaban J connectivity index is 1.98. The van der Waals surface area contributed by atoms with E-state index in [4.69, 9.17) is 4.74 Å². The fourth-order valence-electron chi connectivity index (χ4n) is 1.54. The van der Waals surface area contributed by atoms with Gasteiger partial charge in [0.25, 0.3) is 0 Å². The van der Waals surface area contributed by atoms with Crippen LogP contribution in [0.5, 0.6) is 5.75 Å². The Morgan fingerprint density at radius 3 is 2.82 bits per heavy atom. The van der Waals surface area contributed by atoms with Crippen LogP contribution in [0.2, 0.25) is 0 Å². The summed E-state index contributed by atoms with van der Waals surface area (Å²) in [6.45, 7) is 7.33. The van der Waals surface area contributed by atoms with Gasteiger partial charge in [-0.15, -0.1) is 0 Å². The van der Waals surface area contributed by atoms with Gasteiger partial charge < -0.3 is 10.1 Å². The molecule has 0 radical (unpaired) electrons. The zero-order valence-corrected chi connectivity index (χ0v) is 10.9. The maximum Gasteiger partial charge on any atom is 0.142 e. The lowest BCUT2D eigenvalue weighted by molar-refractivity contribution is 0.168. The number of hydrogen-bond acceptors (Lipinski definition) is 3. The molecule has 2 rings (SSSR count). The molecule has 1 fully saturated rings. The van der Waals surface area contributed by atoms with Gasteiger partial charge in [-0.1, -0.05) is 13.8 Å². The van der Waals surface area contributed by atoms with Crippen molar-refractivity contribution in [3.63, 3.8) is 0 Å². The van der Waals surface area contributed by atoms with Crippen LogP contribution in [0.3, 0.4) is 0 Å². The molecule has 1 aliphatic carbocycles. The third-order valence-electron chi connectivity index (χ3n) is 3.28. The highest BCUT2D eigenvalue weighted by molar-refractivity contribution is 5.30. The largest absolute Gasteiger partial charge is 0.488 e. The molecule has 1 atom stereocenters. The van der Waals surface area contributed by atoms with Gasteiger partial charge in [0.05, 0.1) is 12.3 Å². The van der Waals surface area contributed by atoms with Crippen molar-refractivity contribution in [2.75, 3.05) is 0 Å². The van der Waals surface area contributed by atoms with Crippen LogP contribution in [0, 0.1) is 5.92 Å². The van der Waals surface area contributed by atoms with Gasteiger partial charge in [0.15, 0.2) is 0 Å². The molecule has 1 N–H and O–H groups in total. The van der Waals surface area contributed by atoms with Crippen molar-refractivity contribution in [3.8, 4) is 5.75 Å². The summed E-state index contributed by atoms with van der Waals surface area (Å²) in [7, 11) is 0. The Morgan fingerprint density at radius 1 is 1.41 bits per heavy atom.